The van der Waals surface area contributed by atoms with E-state index in [1.54, 1.807) is 0 Å². The van der Waals surface area contributed by atoms with Crippen LogP contribution in [0, 0.1) is 5.92 Å². The molecule has 1 aliphatic rings. The topological polar surface area (TPSA) is 12.0 Å². The molecule has 1 nitrogen and oxygen atoms in total. The molecule has 0 saturated heterocycles. The lowest BCUT2D eigenvalue weighted by atomic mass is 9.92. The van der Waals surface area contributed by atoms with Crippen LogP contribution in [0.15, 0.2) is 28.7 Å². The molecular formula is C18H28BrN. The lowest BCUT2D eigenvalue weighted by Crippen LogP contribution is -2.40. The van der Waals surface area contributed by atoms with E-state index in [0.29, 0.717) is 12.1 Å². The van der Waals surface area contributed by atoms with Gasteiger partial charge in [0, 0.05) is 16.6 Å². The minimum atomic E-state index is 0.550. The summed E-state index contributed by atoms with van der Waals surface area (Å²) in [5.41, 5.74) is 1.42. The molecule has 112 valence electrons. The number of hydrogen-bond acceptors (Lipinski definition) is 1. The van der Waals surface area contributed by atoms with Crippen LogP contribution in [0.4, 0.5) is 0 Å². The van der Waals surface area contributed by atoms with E-state index in [2.05, 4.69) is 59.4 Å². The monoisotopic (exact) mass is 337 g/mol. The molecule has 2 rings (SSSR count). The smallest absolute Gasteiger partial charge is 0.0175 e. The number of rotatable bonds is 5. The SMILES string of the molecule is CC(Cc1ccc(Br)cc1)N[C@@H](C)C1CCCCCC1. The average Bonchev–Trinajstić information content (AvgIpc) is 2.70. The number of nitrogens with one attached hydrogen (secondary N) is 1. The highest BCUT2D eigenvalue weighted by atomic mass is 79.9. The maximum atomic E-state index is 3.83. The summed E-state index contributed by atoms with van der Waals surface area (Å²) < 4.78 is 1.16. The fourth-order valence-corrected chi connectivity index (χ4v) is 3.69. The lowest BCUT2D eigenvalue weighted by molar-refractivity contribution is 0.314. The van der Waals surface area contributed by atoms with Crippen LogP contribution in [0.3, 0.4) is 0 Å². The van der Waals surface area contributed by atoms with Crippen LogP contribution in [0.2, 0.25) is 0 Å². The van der Waals surface area contributed by atoms with Crippen molar-refractivity contribution in [2.75, 3.05) is 0 Å². The Morgan fingerprint density at radius 2 is 1.65 bits per heavy atom. The summed E-state index contributed by atoms with van der Waals surface area (Å²) in [5.74, 6) is 0.880. The molecule has 0 aliphatic heterocycles. The Morgan fingerprint density at radius 3 is 2.25 bits per heavy atom. The summed E-state index contributed by atoms with van der Waals surface area (Å²) in [7, 11) is 0. The van der Waals surface area contributed by atoms with Gasteiger partial charge in [-0.1, -0.05) is 53.7 Å². The van der Waals surface area contributed by atoms with Gasteiger partial charge >= 0.3 is 0 Å². The van der Waals surface area contributed by atoms with Crippen LogP contribution >= 0.6 is 15.9 Å². The van der Waals surface area contributed by atoms with Crippen molar-refractivity contribution in [1.82, 2.24) is 5.32 Å². The first-order valence-electron chi connectivity index (χ1n) is 8.15. The van der Waals surface area contributed by atoms with Gasteiger partial charge < -0.3 is 5.32 Å². The minimum absolute atomic E-state index is 0.550. The highest BCUT2D eigenvalue weighted by Crippen LogP contribution is 2.25. The summed E-state index contributed by atoms with van der Waals surface area (Å²) >= 11 is 3.50. The molecule has 1 unspecified atom stereocenters. The molecule has 0 amide bonds. The van der Waals surface area contributed by atoms with Crippen molar-refractivity contribution in [3.05, 3.63) is 34.3 Å². The van der Waals surface area contributed by atoms with E-state index in [-0.39, 0.29) is 0 Å². The molecule has 0 bridgehead atoms. The third kappa shape index (κ3) is 5.21. The Morgan fingerprint density at radius 1 is 1.05 bits per heavy atom. The first-order valence-corrected chi connectivity index (χ1v) is 8.95. The molecule has 0 spiro atoms. The summed E-state index contributed by atoms with van der Waals surface area (Å²) in [6.45, 7) is 4.70. The van der Waals surface area contributed by atoms with Gasteiger partial charge in [0.25, 0.3) is 0 Å². The van der Waals surface area contributed by atoms with Gasteiger partial charge in [-0.3, -0.25) is 0 Å². The second-order valence-corrected chi connectivity index (χ2v) is 7.35. The number of benzene rings is 1. The molecule has 1 aromatic carbocycles. The van der Waals surface area contributed by atoms with Gasteiger partial charge in [-0.15, -0.1) is 0 Å². The van der Waals surface area contributed by atoms with Crippen molar-refractivity contribution in [1.29, 1.82) is 0 Å². The Kier molecular flexibility index (Phi) is 6.57. The maximum absolute atomic E-state index is 3.83. The fourth-order valence-electron chi connectivity index (χ4n) is 3.43. The van der Waals surface area contributed by atoms with E-state index < -0.39 is 0 Å². The normalized spacial score (nSPS) is 20.4. The molecule has 0 aromatic heterocycles. The van der Waals surface area contributed by atoms with Crippen molar-refractivity contribution < 1.29 is 0 Å². The third-order valence-electron chi connectivity index (χ3n) is 4.61. The van der Waals surface area contributed by atoms with Crippen molar-refractivity contribution in [2.24, 2.45) is 5.92 Å². The number of hydrogen-bond donors (Lipinski definition) is 1. The Hall–Kier alpha value is -0.340. The minimum Gasteiger partial charge on any atom is -0.311 e. The highest BCUT2D eigenvalue weighted by molar-refractivity contribution is 9.10. The molecule has 20 heavy (non-hydrogen) atoms. The van der Waals surface area contributed by atoms with Crippen molar-refractivity contribution >= 4 is 15.9 Å². The van der Waals surface area contributed by atoms with E-state index >= 15 is 0 Å². The van der Waals surface area contributed by atoms with E-state index in [1.807, 2.05) is 0 Å². The summed E-state index contributed by atoms with van der Waals surface area (Å²) in [6, 6.07) is 9.91. The fraction of sp³-hybridized carbons (Fsp3) is 0.667. The van der Waals surface area contributed by atoms with Gasteiger partial charge in [-0.25, -0.2) is 0 Å². The van der Waals surface area contributed by atoms with Gasteiger partial charge in [0.2, 0.25) is 0 Å². The third-order valence-corrected chi connectivity index (χ3v) is 5.14. The Labute approximate surface area is 132 Å². The Balaban J connectivity index is 1.80. The van der Waals surface area contributed by atoms with Gasteiger partial charge in [-0.05, 0) is 56.7 Å². The predicted octanol–water partition coefficient (Wildman–Crippen LogP) is 5.33. The second-order valence-electron chi connectivity index (χ2n) is 6.44. The van der Waals surface area contributed by atoms with Crippen LogP contribution in [-0.2, 0) is 6.42 Å². The summed E-state index contributed by atoms with van der Waals surface area (Å²) in [5, 5.41) is 3.83. The van der Waals surface area contributed by atoms with E-state index in [0.717, 1.165) is 16.8 Å². The predicted molar refractivity (Wildman–Crippen MR) is 91.1 cm³/mol. The zero-order valence-electron chi connectivity index (χ0n) is 12.9. The van der Waals surface area contributed by atoms with Crippen LogP contribution in [0.25, 0.3) is 0 Å². The van der Waals surface area contributed by atoms with E-state index in [1.165, 1.54) is 44.1 Å². The zero-order valence-corrected chi connectivity index (χ0v) is 14.5. The van der Waals surface area contributed by atoms with Gasteiger partial charge in [0.1, 0.15) is 0 Å². The van der Waals surface area contributed by atoms with E-state index in [9.17, 15) is 0 Å². The molecule has 2 heteroatoms. The molecule has 0 radical (unpaired) electrons. The van der Waals surface area contributed by atoms with Crippen molar-refractivity contribution in [3.63, 3.8) is 0 Å². The largest absolute Gasteiger partial charge is 0.311 e. The molecule has 2 atom stereocenters. The maximum Gasteiger partial charge on any atom is 0.0175 e. The van der Waals surface area contributed by atoms with Crippen LogP contribution in [0.5, 0.6) is 0 Å². The van der Waals surface area contributed by atoms with Crippen LogP contribution in [-0.4, -0.2) is 12.1 Å². The Bertz CT molecular complexity index is 379. The lowest BCUT2D eigenvalue weighted by Gasteiger charge is -2.27. The summed E-state index contributed by atoms with van der Waals surface area (Å²) in [6.07, 6.45) is 9.69. The molecule has 1 aliphatic carbocycles. The van der Waals surface area contributed by atoms with Gasteiger partial charge in [0.05, 0.1) is 0 Å². The van der Waals surface area contributed by atoms with Gasteiger partial charge in [-0.2, -0.15) is 0 Å². The first kappa shape index (κ1) is 16.0. The molecule has 1 fully saturated rings. The molecule has 0 heterocycles. The van der Waals surface area contributed by atoms with Crippen LogP contribution in [0.1, 0.15) is 57.9 Å². The molecule has 1 aromatic rings. The standard InChI is InChI=1S/C18H28BrN/c1-14(13-16-9-11-18(19)12-10-16)20-15(2)17-7-5-3-4-6-8-17/h9-12,14-15,17,20H,3-8,13H2,1-2H3/t14?,15-/m0/s1. The van der Waals surface area contributed by atoms with Crippen molar-refractivity contribution in [2.45, 2.75) is 70.9 Å². The number of halogens is 1. The molecule has 1 N–H and O–H groups in total. The molecular weight excluding hydrogens is 310 g/mol. The molecule has 1 saturated carbocycles. The zero-order chi connectivity index (χ0) is 14.4. The average molecular weight is 338 g/mol. The summed E-state index contributed by atoms with van der Waals surface area (Å²) in [4.78, 5) is 0. The highest BCUT2D eigenvalue weighted by Gasteiger charge is 2.20. The van der Waals surface area contributed by atoms with Gasteiger partial charge in [0.15, 0.2) is 0 Å². The van der Waals surface area contributed by atoms with Crippen LogP contribution < -0.4 is 5.32 Å². The first-order chi connectivity index (χ1) is 9.65. The van der Waals surface area contributed by atoms with E-state index in [4.69, 9.17) is 0 Å². The second kappa shape index (κ2) is 8.19. The quantitative estimate of drug-likeness (QED) is 0.716. The van der Waals surface area contributed by atoms with Crippen molar-refractivity contribution in [3.8, 4) is 0 Å².